The molecule has 3 N–H and O–H groups in total. The Kier molecular flexibility index (Phi) is 12.9. The molecule has 1 unspecified atom stereocenters. The molecule has 0 radical (unpaired) electrons. The highest BCUT2D eigenvalue weighted by Crippen LogP contribution is 2.44. The highest BCUT2D eigenvalue weighted by molar-refractivity contribution is 5.94. The number of likely N-dealkylation sites (tertiary alicyclic amines) is 1. The maximum Gasteiger partial charge on any atom is 0.407 e. The maximum absolute atomic E-state index is 14.3. The minimum Gasteiger partial charge on any atom is -0.497 e. The van der Waals surface area contributed by atoms with Crippen LogP contribution < -0.4 is 29.7 Å². The number of likely N-dealkylation sites (N-methyl/N-ethyl adjacent to an activating group) is 1. The predicted molar refractivity (Wildman–Crippen MR) is 230 cm³/mol. The first-order chi connectivity index (χ1) is 29.5. The predicted octanol–water partition coefficient (Wildman–Crippen LogP) is 6.15. The molecule has 0 saturated carbocycles. The first-order valence-corrected chi connectivity index (χ1v) is 20.2. The van der Waals surface area contributed by atoms with Crippen LogP contribution in [0.15, 0.2) is 115 Å². The van der Waals surface area contributed by atoms with Crippen molar-refractivity contribution >= 4 is 29.5 Å². The number of hydrogen-bond acceptors (Lipinski definition) is 9. The first kappa shape index (κ1) is 42.3. The summed E-state index contributed by atoms with van der Waals surface area (Å²) in [5.74, 6) is -0.161. The molecule has 1 heterocycles. The number of rotatable bonds is 14. The topological polar surface area (TPSA) is 156 Å². The highest BCUT2D eigenvalue weighted by Gasteiger charge is 2.43. The van der Waals surface area contributed by atoms with Crippen LogP contribution in [0.3, 0.4) is 0 Å². The fourth-order valence-electron chi connectivity index (χ4n) is 8.00. The SMILES string of the molecule is COc1ccc(C(NC(=O)[C@@H]2[C@@H](O)CCN2C(=O)[C@H](C)NC(=O)OCC2c3ccccc3-c3ccccc32)c2ccc(OCC(=O)N(C)c3ccc(C)cc3)cc2)c(OC)c1. The molecule has 316 valence electrons. The molecule has 4 atom stereocenters. The van der Waals surface area contributed by atoms with Crippen LogP contribution in [-0.4, -0.2) is 93.0 Å². The monoisotopic (exact) mass is 826 g/mol. The summed E-state index contributed by atoms with van der Waals surface area (Å²) < 4.78 is 22.7. The van der Waals surface area contributed by atoms with Crippen molar-refractivity contribution in [3.63, 3.8) is 0 Å². The Bertz CT molecular complexity index is 2340. The number of nitrogens with zero attached hydrogens (tertiary/aromatic N) is 2. The second-order valence-corrected chi connectivity index (χ2v) is 15.2. The number of alkyl carbamates (subject to hydrolysis) is 1. The van der Waals surface area contributed by atoms with E-state index < -0.39 is 42.1 Å². The number of nitrogens with one attached hydrogen (secondary N) is 2. The molecule has 1 fully saturated rings. The van der Waals surface area contributed by atoms with Crippen LogP contribution >= 0.6 is 0 Å². The van der Waals surface area contributed by atoms with Gasteiger partial charge in [-0.05, 0) is 84.5 Å². The van der Waals surface area contributed by atoms with E-state index in [1.165, 1.54) is 30.9 Å². The number of aryl methyl sites for hydroxylation is 1. The van der Waals surface area contributed by atoms with Gasteiger partial charge in [-0.15, -0.1) is 0 Å². The van der Waals surface area contributed by atoms with Gasteiger partial charge < -0.3 is 44.5 Å². The number of aliphatic hydroxyl groups is 1. The van der Waals surface area contributed by atoms with Crippen LogP contribution in [0, 0.1) is 6.92 Å². The summed E-state index contributed by atoms with van der Waals surface area (Å²) in [6.07, 6.45) is -1.79. The van der Waals surface area contributed by atoms with Gasteiger partial charge in [0.15, 0.2) is 6.61 Å². The number of ether oxygens (including phenoxy) is 4. The van der Waals surface area contributed by atoms with E-state index >= 15 is 0 Å². The largest absolute Gasteiger partial charge is 0.497 e. The van der Waals surface area contributed by atoms with Crippen LogP contribution in [0.1, 0.15) is 53.1 Å². The van der Waals surface area contributed by atoms with Gasteiger partial charge in [0.2, 0.25) is 11.8 Å². The number of hydrogen-bond donors (Lipinski definition) is 3. The number of fused-ring (bicyclic) bond motifs is 3. The zero-order chi connectivity index (χ0) is 43.2. The summed E-state index contributed by atoms with van der Waals surface area (Å²) in [6, 6.07) is 32.6. The van der Waals surface area contributed by atoms with Gasteiger partial charge in [0.1, 0.15) is 35.9 Å². The van der Waals surface area contributed by atoms with E-state index in [9.17, 15) is 24.3 Å². The van der Waals surface area contributed by atoms with Gasteiger partial charge in [0.05, 0.1) is 26.4 Å². The Hall–Kier alpha value is -6.86. The smallest absolute Gasteiger partial charge is 0.407 e. The molecule has 13 heteroatoms. The molecule has 7 rings (SSSR count). The highest BCUT2D eigenvalue weighted by atomic mass is 16.5. The van der Waals surface area contributed by atoms with E-state index in [0.29, 0.717) is 28.4 Å². The van der Waals surface area contributed by atoms with Crippen molar-refractivity contribution in [2.24, 2.45) is 0 Å². The number of anilines is 1. The molecule has 4 amide bonds. The van der Waals surface area contributed by atoms with Crippen molar-refractivity contribution in [1.29, 1.82) is 0 Å². The van der Waals surface area contributed by atoms with E-state index in [1.54, 1.807) is 49.5 Å². The normalized spacial score (nSPS) is 16.4. The third kappa shape index (κ3) is 9.17. The van der Waals surface area contributed by atoms with Gasteiger partial charge in [-0.2, -0.15) is 0 Å². The average molecular weight is 827 g/mol. The standard InChI is InChI=1S/C48H50N4O9/c1-29-14-18-32(19-15-29)51(3)43(54)28-60-33-20-16-31(17-21-33)44(39-23-22-34(58-4)26-42(39)59-5)50-46(55)45-41(53)24-25-52(45)47(56)30(2)49-48(57)61-27-40-37-12-8-6-10-35(37)36-11-7-9-13-38(36)40/h6-23,26,30,40-41,44-45,53H,24-25,27-28H2,1-5H3,(H,49,57)(H,50,55)/t30-,41-,44?,45-/m0/s1. The van der Waals surface area contributed by atoms with Crippen molar-refractivity contribution in [3.05, 3.63) is 143 Å². The molecule has 2 aliphatic rings. The minimum absolute atomic E-state index is 0.0705. The molecule has 5 aromatic rings. The fourth-order valence-corrected chi connectivity index (χ4v) is 8.00. The average Bonchev–Trinajstić information content (AvgIpc) is 3.83. The molecular weight excluding hydrogens is 777 g/mol. The molecule has 0 spiro atoms. The quantitative estimate of drug-likeness (QED) is 0.120. The number of amides is 4. The van der Waals surface area contributed by atoms with E-state index in [-0.39, 0.29) is 38.0 Å². The summed E-state index contributed by atoms with van der Waals surface area (Å²) in [5.41, 5.74) is 7.35. The minimum atomic E-state index is -1.26. The van der Waals surface area contributed by atoms with Crippen LogP contribution in [0.2, 0.25) is 0 Å². The number of carbonyl (C=O) groups is 4. The van der Waals surface area contributed by atoms with E-state index in [0.717, 1.165) is 33.5 Å². The van der Waals surface area contributed by atoms with Crippen LogP contribution in [-0.2, 0) is 19.1 Å². The number of carbonyl (C=O) groups excluding carboxylic acids is 4. The van der Waals surface area contributed by atoms with Crippen molar-refractivity contribution in [3.8, 4) is 28.4 Å². The van der Waals surface area contributed by atoms with Gasteiger partial charge in [0.25, 0.3) is 5.91 Å². The summed E-state index contributed by atoms with van der Waals surface area (Å²) in [5, 5.41) is 16.8. The Morgan fingerprint density at radius 1 is 0.820 bits per heavy atom. The summed E-state index contributed by atoms with van der Waals surface area (Å²) in [4.78, 5) is 57.0. The molecule has 13 nitrogen and oxygen atoms in total. The Balaban J connectivity index is 1.03. The van der Waals surface area contributed by atoms with Gasteiger partial charge in [-0.1, -0.05) is 78.4 Å². The lowest BCUT2D eigenvalue weighted by Crippen LogP contribution is -2.55. The first-order valence-electron chi connectivity index (χ1n) is 20.2. The van der Waals surface area contributed by atoms with Crippen LogP contribution in [0.25, 0.3) is 11.1 Å². The third-order valence-electron chi connectivity index (χ3n) is 11.4. The Morgan fingerprint density at radius 2 is 1.46 bits per heavy atom. The van der Waals surface area contributed by atoms with Crippen molar-refractivity contribution in [1.82, 2.24) is 15.5 Å². The maximum atomic E-state index is 14.3. The van der Waals surface area contributed by atoms with Crippen LogP contribution in [0.4, 0.5) is 10.5 Å². The number of aliphatic hydroxyl groups excluding tert-OH is 1. The van der Waals surface area contributed by atoms with Gasteiger partial charge >= 0.3 is 6.09 Å². The van der Waals surface area contributed by atoms with Crippen molar-refractivity contribution < 1.29 is 43.2 Å². The molecule has 1 aliphatic heterocycles. The summed E-state index contributed by atoms with van der Waals surface area (Å²) >= 11 is 0. The molecule has 1 saturated heterocycles. The zero-order valence-corrected chi connectivity index (χ0v) is 34.8. The molecule has 0 bridgehead atoms. The second kappa shape index (κ2) is 18.6. The van der Waals surface area contributed by atoms with E-state index in [1.807, 2.05) is 79.7 Å². The molecule has 0 aromatic heterocycles. The summed E-state index contributed by atoms with van der Waals surface area (Å²) in [6.45, 7) is 3.46. The number of benzene rings is 5. The van der Waals surface area contributed by atoms with Crippen molar-refractivity contribution in [2.75, 3.05) is 45.9 Å². The second-order valence-electron chi connectivity index (χ2n) is 15.2. The number of methoxy groups -OCH3 is 2. The van der Waals surface area contributed by atoms with Gasteiger partial charge in [-0.25, -0.2) is 4.79 Å². The lowest BCUT2D eigenvalue weighted by molar-refractivity contribution is -0.141. The Labute approximate surface area is 355 Å². The third-order valence-corrected chi connectivity index (χ3v) is 11.4. The van der Waals surface area contributed by atoms with Crippen molar-refractivity contribution in [2.45, 2.75) is 50.4 Å². The zero-order valence-electron chi connectivity index (χ0n) is 34.8. The molecule has 5 aromatic carbocycles. The van der Waals surface area contributed by atoms with Crippen LogP contribution in [0.5, 0.6) is 17.2 Å². The van der Waals surface area contributed by atoms with Gasteiger partial charge in [0, 0.05) is 36.8 Å². The lowest BCUT2D eigenvalue weighted by atomic mass is 9.96. The summed E-state index contributed by atoms with van der Waals surface area (Å²) in [7, 11) is 4.73. The molecule has 1 aliphatic carbocycles. The lowest BCUT2D eigenvalue weighted by Gasteiger charge is -2.30. The fraction of sp³-hybridized carbons (Fsp3) is 0.292. The molecule has 61 heavy (non-hydrogen) atoms. The van der Waals surface area contributed by atoms with Gasteiger partial charge in [-0.3, -0.25) is 14.4 Å². The van der Waals surface area contributed by atoms with E-state index in [2.05, 4.69) is 10.6 Å². The Morgan fingerprint density at radius 3 is 2.10 bits per heavy atom. The molecular formula is C48H50N4O9. The van der Waals surface area contributed by atoms with E-state index in [4.69, 9.17) is 18.9 Å².